The smallest absolute Gasteiger partial charge is 0.272 e. The quantitative estimate of drug-likeness (QED) is 0.675. The zero-order chi connectivity index (χ0) is 13.1. The van der Waals surface area contributed by atoms with E-state index in [0.29, 0.717) is 22.3 Å². The Hall–Kier alpha value is -0.850. The van der Waals surface area contributed by atoms with E-state index < -0.39 is 0 Å². The Morgan fingerprint density at radius 1 is 1.56 bits per heavy atom. The van der Waals surface area contributed by atoms with E-state index in [9.17, 15) is 4.79 Å². The monoisotopic (exact) mass is 284 g/mol. The van der Waals surface area contributed by atoms with Crippen molar-refractivity contribution >= 4 is 33.3 Å². The number of nitrogens with zero attached hydrogens (tertiary/aromatic N) is 2. The van der Waals surface area contributed by atoms with Crippen LogP contribution < -0.4 is 5.56 Å². The Bertz CT molecular complexity index is 589. The minimum atomic E-state index is -0.0479. The lowest BCUT2D eigenvalue weighted by molar-refractivity contribution is 0.268. The SMILES string of the molecule is CC(C)CSc1nc2ccsc2c(=O)n1CCO. The van der Waals surface area contributed by atoms with Crippen molar-refractivity contribution in [3.63, 3.8) is 0 Å². The predicted octanol–water partition coefficient (Wildman–Crippen LogP) is 2.20. The third-order valence-electron chi connectivity index (χ3n) is 2.40. The predicted molar refractivity (Wildman–Crippen MR) is 76.5 cm³/mol. The highest BCUT2D eigenvalue weighted by Gasteiger charge is 2.12. The van der Waals surface area contributed by atoms with E-state index in [4.69, 9.17) is 5.11 Å². The number of aliphatic hydroxyl groups excluding tert-OH is 1. The molecule has 4 nitrogen and oxygen atoms in total. The molecule has 0 aromatic carbocycles. The van der Waals surface area contributed by atoms with Gasteiger partial charge in [0.2, 0.25) is 0 Å². The van der Waals surface area contributed by atoms with Crippen LogP contribution in [0.1, 0.15) is 13.8 Å². The van der Waals surface area contributed by atoms with Crippen molar-refractivity contribution in [1.82, 2.24) is 9.55 Å². The molecule has 0 aliphatic heterocycles. The summed E-state index contributed by atoms with van der Waals surface area (Å²) < 4.78 is 2.24. The molecule has 0 saturated carbocycles. The van der Waals surface area contributed by atoms with Crippen molar-refractivity contribution in [2.75, 3.05) is 12.4 Å². The zero-order valence-corrected chi connectivity index (χ0v) is 12.1. The van der Waals surface area contributed by atoms with E-state index in [2.05, 4.69) is 18.8 Å². The van der Waals surface area contributed by atoms with Gasteiger partial charge in [0, 0.05) is 5.75 Å². The number of thioether (sulfide) groups is 1. The van der Waals surface area contributed by atoms with Gasteiger partial charge in [0.25, 0.3) is 5.56 Å². The number of fused-ring (bicyclic) bond motifs is 1. The first-order valence-corrected chi connectivity index (χ1v) is 7.71. The molecule has 0 saturated heterocycles. The summed E-state index contributed by atoms with van der Waals surface area (Å²) in [7, 11) is 0. The molecule has 2 rings (SSSR count). The van der Waals surface area contributed by atoms with Crippen LogP contribution in [0.4, 0.5) is 0 Å². The maximum Gasteiger partial charge on any atom is 0.272 e. The molecule has 0 unspecified atom stereocenters. The highest BCUT2D eigenvalue weighted by atomic mass is 32.2. The van der Waals surface area contributed by atoms with Crippen molar-refractivity contribution in [3.05, 3.63) is 21.8 Å². The summed E-state index contributed by atoms with van der Waals surface area (Å²) in [5, 5.41) is 11.7. The van der Waals surface area contributed by atoms with E-state index in [-0.39, 0.29) is 12.2 Å². The molecule has 0 amide bonds. The largest absolute Gasteiger partial charge is 0.395 e. The van der Waals surface area contributed by atoms with Crippen LogP contribution in [-0.2, 0) is 6.54 Å². The van der Waals surface area contributed by atoms with E-state index >= 15 is 0 Å². The molecule has 2 aromatic rings. The second kappa shape index (κ2) is 5.86. The van der Waals surface area contributed by atoms with Gasteiger partial charge < -0.3 is 5.11 Å². The van der Waals surface area contributed by atoms with Gasteiger partial charge in [-0.1, -0.05) is 25.6 Å². The summed E-state index contributed by atoms with van der Waals surface area (Å²) in [6, 6.07) is 1.87. The lowest BCUT2D eigenvalue weighted by Crippen LogP contribution is -2.24. The van der Waals surface area contributed by atoms with Gasteiger partial charge in [-0.25, -0.2) is 4.98 Å². The molecule has 18 heavy (non-hydrogen) atoms. The molecule has 0 atom stereocenters. The van der Waals surface area contributed by atoms with Gasteiger partial charge in [-0.05, 0) is 17.4 Å². The summed E-state index contributed by atoms with van der Waals surface area (Å²) in [6.45, 7) is 4.52. The van der Waals surface area contributed by atoms with Crippen LogP contribution in [0.25, 0.3) is 10.2 Å². The van der Waals surface area contributed by atoms with Gasteiger partial charge in [0.15, 0.2) is 5.16 Å². The fourth-order valence-corrected chi connectivity index (χ4v) is 3.33. The summed E-state index contributed by atoms with van der Waals surface area (Å²) in [4.78, 5) is 16.8. The molecule has 6 heteroatoms. The lowest BCUT2D eigenvalue weighted by Gasteiger charge is -2.11. The summed E-state index contributed by atoms with van der Waals surface area (Å²) in [6.07, 6.45) is 0. The van der Waals surface area contributed by atoms with Gasteiger partial charge >= 0.3 is 0 Å². The van der Waals surface area contributed by atoms with E-state index in [1.807, 2.05) is 11.4 Å². The molecule has 0 aliphatic rings. The second-order valence-electron chi connectivity index (χ2n) is 4.41. The van der Waals surface area contributed by atoms with Crippen LogP contribution in [0.3, 0.4) is 0 Å². The van der Waals surface area contributed by atoms with Crippen molar-refractivity contribution in [1.29, 1.82) is 0 Å². The normalized spacial score (nSPS) is 11.6. The molecule has 98 valence electrons. The third-order valence-corrected chi connectivity index (χ3v) is 4.70. The first-order chi connectivity index (χ1) is 8.63. The first-order valence-electron chi connectivity index (χ1n) is 5.85. The minimum absolute atomic E-state index is 0.0460. The first kappa shape index (κ1) is 13.6. The summed E-state index contributed by atoms with van der Waals surface area (Å²) >= 11 is 2.97. The highest BCUT2D eigenvalue weighted by Crippen LogP contribution is 2.22. The van der Waals surface area contributed by atoms with E-state index in [1.165, 1.54) is 11.3 Å². The van der Waals surface area contributed by atoms with Gasteiger partial charge in [0.05, 0.1) is 18.7 Å². The van der Waals surface area contributed by atoms with Crippen LogP contribution in [0.15, 0.2) is 21.4 Å². The Balaban J connectivity index is 2.47. The molecule has 0 fully saturated rings. The molecule has 2 aromatic heterocycles. The van der Waals surface area contributed by atoms with Crippen LogP contribution in [0.5, 0.6) is 0 Å². The van der Waals surface area contributed by atoms with Crippen LogP contribution in [-0.4, -0.2) is 27.0 Å². The average molecular weight is 284 g/mol. The molecule has 2 heterocycles. The molecule has 0 radical (unpaired) electrons. The van der Waals surface area contributed by atoms with Crippen LogP contribution in [0.2, 0.25) is 0 Å². The van der Waals surface area contributed by atoms with Gasteiger partial charge in [-0.15, -0.1) is 11.3 Å². The van der Waals surface area contributed by atoms with E-state index in [1.54, 1.807) is 16.3 Å². The maximum absolute atomic E-state index is 12.3. The van der Waals surface area contributed by atoms with Crippen molar-refractivity contribution < 1.29 is 5.11 Å². The van der Waals surface area contributed by atoms with Gasteiger partial charge in [0.1, 0.15) is 4.70 Å². The maximum atomic E-state index is 12.3. The Morgan fingerprint density at radius 3 is 3.00 bits per heavy atom. The molecule has 0 bridgehead atoms. The molecule has 0 spiro atoms. The highest BCUT2D eigenvalue weighted by molar-refractivity contribution is 7.99. The number of aliphatic hydroxyl groups is 1. The van der Waals surface area contributed by atoms with Crippen molar-refractivity contribution in [2.24, 2.45) is 5.92 Å². The van der Waals surface area contributed by atoms with Gasteiger partial charge in [-0.2, -0.15) is 0 Å². The second-order valence-corrected chi connectivity index (χ2v) is 6.32. The average Bonchev–Trinajstić information content (AvgIpc) is 2.79. The standard InChI is InChI=1S/C12H16N2O2S2/c1-8(2)7-18-12-13-9-3-6-17-10(9)11(16)14(12)4-5-15/h3,6,8,15H,4-5,7H2,1-2H3. The number of thiophene rings is 1. The van der Waals surface area contributed by atoms with Crippen LogP contribution in [0, 0.1) is 5.92 Å². The third kappa shape index (κ3) is 2.76. The van der Waals surface area contributed by atoms with E-state index in [0.717, 1.165) is 11.3 Å². The van der Waals surface area contributed by atoms with Gasteiger partial charge in [-0.3, -0.25) is 9.36 Å². The Morgan fingerprint density at radius 2 is 2.33 bits per heavy atom. The number of hydrogen-bond acceptors (Lipinski definition) is 5. The zero-order valence-electron chi connectivity index (χ0n) is 10.4. The van der Waals surface area contributed by atoms with Crippen LogP contribution >= 0.6 is 23.1 Å². The minimum Gasteiger partial charge on any atom is -0.395 e. The molecular weight excluding hydrogens is 268 g/mol. The topological polar surface area (TPSA) is 55.1 Å². The Kier molecular flexibility index (Phi) is 4.42. The lowest BCUT2D eigenvalue weighted by atomic mass is 10.3. The fourth-order valence-electron chi connectivity index (χ4n) is 1.57. The molecule has 0 aliphatic carbocycles. The van der Waals surface area contributed by atoms with Crippen molar-refractivity contribution in [2.45, 2.75) is 25.5 Å². The molecular formula is C12H16N2O2S2. The summed E-state index contributed by atoms with van der Waals surface area (Å²) in [5.41, 5.74) is 0.709. The number of rotatable bonds is 5. The summed E-state index contributed by atoms with van der Waals surface area (Å²) in [5.74, 6) is 1.45. The van der Waals surface area contributed by atoms with Crippen molar-refractivity contribution in [3.8, 4) is 0 Å². The Labute approximate surface area is 114 Å². The number of hydrogen-bond donors (Lipinski definition) is 1. The molecule has 1 N–H and O–H groups in total. The number of aromatic nitrogens is 2. The fraction of sp³-hybridized carbons (Fsp3) is 0.500.